The van der Waals surface area contributed by atoms with Gasteiger partial charge in [-0.3, -0.25) is 0 Å². The lowest BCUT2D eigenvalue weighted by atomic mass is 10.0. The SMILES string of the molecule is CCc1nsc(NC(C)(C)CCN)n1. The first-order valence-corrected chi connectivity index (χ1v) is 5.65. The van der Waals surface area contributed by atoms with Crippen LogP contribution in [0, 0.1) is 0 Å². The van der Waals surface area contributed by atoms with Crippen LogP contribution in [0.2, 0.25) is 0 Å². The van der Waals surface area contributed by atoms with E-state index in [0.717, 1.165) is 23.8 Å². The van der Waals surface area contributed by atoms with Crippen LogP contribution in [0.4, 0.5) is 5.13 Å². The Balaban J connectivity index is 2.58. The predicted molar refractivity (Wildman–Crippen MR) is 60.7 cm³/mol. The summed E-state index contributed by atoms with van der Waals surface area (Å²) in [7, 11) is 0. The van der Waals surface area contributed by atoms with E-state index in [1.54, 1.807) is 0 Å². The van der Waals surface area contributed by atoms with Crippen LogP contribution in [0.3, 0.4) is 0 Å². The third kappa shape index (κ3) is 3.23. The molecule has 0 amide bonds. The number of rotatable bonds is 5. The highest BCUT2D eigenvalue weighted by molar-refractivity contribution is 7.09. The molecular formula is C9H18N4S. The van der Waals surface area contributed by atoms with Gasteiger partial charge in [-0.05, 0) is 26.8 Å². The van der Waals surface area contributed by atoms with Crippen molar-refractivity contribution in [2.24, 2.45) is 5.73 Å². The summed E-state index contributed by atoms with van der Waals surface area (Å²) in [6.07, 6.45) is 1.81. The van der Waals surface area contributed by atoms with E-state index in [2.05, 4.69) is 35.4 Å². The van der Waals surface area contributed by atoms with Gasteiger partial charge in [0.05, 0.1) is 0 Å². The Labute approximate surface area is 89.1 Å². The second-order valence-corrected chi connectivity index (χ2v) is 4.67. The topological polar surface area (TPSA) is 63.8 Å². The lowest BCUT2D eigenvalue weighted by Crippen LogP contribution is -2.33. The quantitative estimate of drug-likeness (QED) is 0.782. The van der Waals surface area contributed by atoms with Crippen molar-refractivity contribution in [3.05, 3.63) is 5.82 Å². The van der Waals surface area contributed by atoms with Crippen molar-refractivity contribution in [2.45, 2.75) is 39.2 Å². The first-order valence-electron chi connectivity index (χ1n) is 4.88. The van der Waals surface area contributed by atoms with Gasteiger partial charge in [-0.1, -0.05) is 6.92 Å². The number of aromatic nitrogens is 2. The van der Waals surface area contributed by atoms with Crippen LogP contribution < -0.4 is 11.1 Å². The molecule has 0 bridgehead atoms. The molecule has 0 saturated heterocycles. The normalized spacial score (nSPS) is 11.7. The Morgan fingerprint density at radius 2 is 2.21 bits per heavy atom. The van der Waals surface area contributed by atoms with Crippen LogP contribution in [0.5, 0.6) is 0 Å². The largest absolute Gasteiger partial charge is 0.355 e. The molecule has 3 N–H and O–H groups in total. The van der Waals surface area contributed by atoms with Gasteiger partial charge in [-0.15, -0.1) is 0 Å². The number of aryl methyl sites for hydroxylation is 1. The summed E-state index contributed by atoms with van der Waals surface area (Å²) in [5, 5.41) is 4.23. The van der Waals surface area contributed by atoms with E-state index in [0.29, 0.717) is 6.54 Å². The highest BCUT2D eigenvalue weighted by Crippen LogP contribution is 2.19. The maximum atomic E-state index is 5.53. The molecule has 80 valence electrons. The molecule has 0 spiro atoms. The standard InChI is InChI=1S/C9H18N4S/c1-4-7-11-8(14-13-7)12-9(2,3)5-6-10/h4-6,10H2,1-3H3,(H,11,12,13). The summed E-state index contributed by atoms with van der Waals surface area (Å²) in [4.78, 5) is 4.35. The van der Waals surface area contributed by atoms with Gasteiger partial charge < -0.3 is 11.1 Å². The van der Waals surface area contributed by atoms with Crippen LogP contribution in [0.25, 0.3) is 0 Å². The molecule has 0 atom stereocenters. The molecule has 14 heavy (non-hydrogen) atoms. The molecule has 1 aromatic heterocycles. The van der Waals surface area contributed by atoms with Gasteiger partial charge in [-0.2, -0.15) is 4.37 Å². The number of hydrogen-bond acceptors (Lipinski definition) is 5. The number of nitrogens with two attached hydrogens (primary N) is 1. The molecule has 1 heterocycles. The fourth-order valence-electron chi connectivity index (χ4n) is 1.16. The Morgan fingerprint density at radius 3 is 2.71 bits per heavy atom. The average Bonchev–Trinajstić information content (AvgIpc) is 2.51. The highest BCUT2D eigenvalue weighted by Gasteiger charge is 2.17. The summed E-state index contributed by atoms with van der Waals surface area (Å²) in [6.45, 7) is 6.97. The molecule has 0 aliphatic heterocycles. The van der Waals surface area contributed by atoms with Gasteiger partial charge >= 0.3 is 0 Å². The maximum absolute atomic E-state index is 5.53. The highest BCUT2D eigenvalue weighted by atomic mass is 32.1. The van der Waals surface area contributed by atoms with Gasteiger partial charge in [0.2, 0.25) is 5.13 Å². The minimum absolute atomic E-state index is 0.000700. The lowest BCUT2D eigenvalue weighted by molar-refractivity contribution is 0.526. The fourth-order valence-corrected chi connectivity index (χ4v) is 1.99. The van der Waals surface area contributed by atoms with E-state index < -0.39 is 0 Å². The third-order valence-corrected chi connectivity index (χ3v) is 2.67. The first kappa shape index (κ1) is 11.4. The molecule has 0 aliphatic rings. The van der Waals surface area contributed by atoms with E-state index in [4.69, 9.17) is 5.73 Å². The van der Waals surface area contributed by atoms with E-state index >= 15 is 0 Å². The van der Waals surface area contributed by atoms with Crippen molar-refractivity contribution in [1.82, 2.24) is 9.36 Å². The maximum Gasteiger partial charge on any atom is 0.202 e. The van der Waals surface area contributed by atoms with E-state index in [-0.39, 0.29) is 5.54 Å². The monoisotopic (exact) mass is 214 g/mol. The number of nitrogens with one attached hydrogen (secondary N) is 1. The molecule has 0 saturated carbocycles. The van der Waals surface area contributed by atoms with Gasteiger partial charge in [0, 0.05) is 23.5 Å². The smallest absolute Gasteiger partial charge is 0.202 e. The van der Waals surface area contributed by atoms with Crippen LogP contribution in [-0.2, 0) is 6.42 Å². The number of nitrogens with zero attached hydrogens (tertiary/aromatic N) is 2. The molecule has 0 unspecified atom stereocenters. The minimum Gasteiger partial charge on any atom is -0.355 e. The predicted octanol–water partition coefficient (Wildman–Crippen LogP) is 1.64. The van der Waals surface area contributed by atoms with Gasteiger partial charge in [0.1, 0.15) is 5.82 Å². The van der Waals surface area contributed by atoms with E-state index in [1.807, 2.05) is 0 Å². The van der Waals surface area contributed by atoms with Crippen molar-refractivity contribution in [3.63, 3.8) is 0 Å². The molecule has 5 heteroatoms. The van der Waals surface area contributed by atoms with Crippen molar-refractivity contribution in [3.8, 4) is 0 Å². The zero-order valence-electron chi connectivity index (χ0n) is 9.00. The molecular weight excluding hydrogens is 196 g/mol. The lowest BCUT2D eigenvalue weighted by Gasteiger charge is -2.24. The van der Waals surface area contributed by atoms with Crippen molar-refractivity contribution >= 4 is 16.7 Å². The molecule has 0 aromatic carbocycles. The second kappa shape index (κ2) is 4.70. The Kier molecular flexibility index (Phi) is 3.83. The fraction of sp³-hybridized carbons (Fsp3) is 0.778. The molecule has 1 aromatic rings. The second-order valence-electron chi connectivity index (χ2n) is 3.92. The number of hydrogen-bond donors (Lipinski definition) is 2. The third-order valence-electron chi connectivity index (χ3n) is 2.00. The summed E-state index contributed by atoms with van der Waals surface area (Å²) < 4.78 is 4.22. The first-order chi connectivity index (χ1) is 6.57. The van der Waals surface area contributed by atoms with Crippen molar-refractivity contribution in [1.29, 1.82) is 0 Å². The summed E-state index contributed by atoms with van der Waals surface area (Å²) in [5.74, 6) is 0.904. The van der Waals surface area contributed by atoms with Gasteiger partial charge in [0.15, 0.2) is 0 Å². The molecule has 0 fully saturated rings. The van der Waals surface area contributed by atoms with Gasteiger partial charge in [0.25, 0.3) is 0 Å². The van der Waals surface area contributed by atoms with Gasteiger partial charge in [-0.25, -0.2) is 4.98 Å². The molecule has 4 nitrogen and oxygen atoms in total. The van der Waals surface area contributed by atoms with E-state index in [9.17, 15) is 0 Å². The minimum atomic E-state index is -0.000700. The summed E-state index contributed by atoms with van der Waals surface area (Å²) >= 11 is 1.41. The average molecular weight is 214 g/mol. The molecule has 0 aliphatic carbocycles. The number of anilines is 1. The Bertz CT molecular complexity index is 282. The zero-order chi connectivity index (χ0) is 10.6. The Hall–Kier alpha value is -0.680. The zero-order valence-corrected chi connectivity index (χ0v) is 9.82. The van der Waals surface area contributed by atoms with Crippen molar-refractivity contribution < 1.29 is 0 Å². The van der Waals surface area contributed by atoms with Crippen LogP contribution in [-0.4, -0.2) is 21.4 Å². The Morgan fingerprint density at radius 1 is 1.50 bits per heavy atom. The molecule has 1 rings (SSSR count). The summed E-state index contributed by atoms with van der Waals surface area (Å²) in [5.41, 5.74) is 5.53. The van der Waals surface area contributed by atoms with E-state index in [1.165, 1.54) is 11.5 Å². The van der Waals surface area contributed by atoms with Crippen molar-refractivity contribution in [2.75, 3.05) is 11.9 Å². The van der Waals surface area contributed by atoms with Crippen LogP contribution >= 0.6 is 11.5 Å². The summed E-state index contributed by atoms with van der Waals surface area (Å²) in [6, 6.07) is 0. The van der Waals surface area contributed by atoms with Crippen LogP contribution in [0.1, 0.15) is 33.0 Å². The van der Waals surface area contributed by atoms with Crippen LogP contribution in [0.15, 0.2) is 0 Å². The molecule has 0 radical (unpaired) electrons.